The van der Waals surface area contributed by atoms with Crippen LogP contribution >= 0.6 is 0 Å². The van der Waals surface area contributed by atoms with Crippen LogP contribution in [0.1, 0.15) is 5.82 Å². The minimum absolute atomic E-state index is 0.763. The van der Waals surface area contributed by atoms with Gasteiger partial charge in [-0.1, -0.05) is 12.1 Å². The molecule has 4 heteroatoms. The van der Waals surface area contributed by atoms with Crippen molar-refractivity contribution in [3.8, 4) is 11.3 Å². The summed E-state index contributed by atoms with van der Waals surface area (Å²) in [6.45, 7) is 1.87. The normalized spacial score (nSPS) is 10.0. The first-order valence-corrected chi connectivity index (χ1v) is 4.66. The third kappa shape index (κ3) is 2.11. The van der Waals surface area contributed by atoms with Gasteiger partial charge < -0.3 is 5.43 Å². The molecule has 0 unspecified atom stereocenters. The zero-order valence-corrected chi connectivity index (χ0v) is 8.44. The maximum Gasteiger partial charge on any atom is 0.125 e. The van der Waals surface area contributed by atoms with Crippen molar-refractivity contribution >= 4 is 5.69 Å². The van der Waals surface area contributed by atoms with Gasteiger partial charge in [0.25, 0.3) is 0 Å². The SMILES string of the molecule is Cc1nccc(-c2cccc(NN)c2)n1. The van der Waals surface area contributed by atoms with Crippen molar-refractivity contribution in [2.45, 2.75) is 6.92 Å². The molecule has 0 atom stereocenters. The molecule has 0 amide bonds. The van der Waals surface area contributed by atoms with E-state index in [1.54, 1.807) is 6.20 Å². The number of nitrogens with zero attached hydrogens (tertiary/aromatic N) is 2. The van der Waals surface area contributed by atoms with Crippen LogP contribution in [0.15, 0.2) is 36.5 Å². The zero-order chi connectivity index (χ0) is 10.7. The summed E-state index contributed by atoms with van der Waals surface area (Å²) in [5.74, 6) is 6.11. The number of hydrazine groups is 1. The van der Waals surface area contributed by atoms with Gasteiger partial charge in [0.2, 0.25) is 0 Å². The predicted molar refractivity (Wildman–Crippen MR) is 60.0 cm³/mol. The first kappa shape index (κ1) is 9.61. The lowest BCUT2D eigenvalue weighted by Gasteiger charge is -2.04. The summed E-state index contributed by atoms with van der Waals surface area (Å²) in [7, 11) is 0. The molecule has 2 aromatic rings. The summed E-state index contributed by atoms with van der Waals surface area (Å²) in [6.07, 6.45) is 1.75. The number of hydrogen-bond acceptors (Lipinski definition) is 4. The lowest BCUT2D eigenvalue weighted by Crippen LogP contribution is -2.06. The number of aromatic nitrogens is 2. The molecule has 0 aliphatic rings. The molecular weight excluding hydrogens is 188 g/mol. The fourth-order valence-electron chi connectivity index (χ4n) is 1.39. The van der Waals surface area contributed by atoms with Gasteiger partial charge in [0, 0.05) is 17.4 Å². The standard InChI is InChI=1S/C11H12N4/c1-8-13-6-5-11(14-8)9-3-2-4-10(7-9)15-12/h2-7,15H,12H2,1H3. The zero-order valence-electron chi connectivity index (χ0n) is 8.44. The Hall–Kier alpha value is -1.94. The highest BCUT2D eigenvalue weighted by Gasteiger charge is 2.00. The van der Waals surface area contributed by atoms with Crippen LogP contribution in [0, 0.1) is 6.92 Å². The Labute approximate surface area is 88.2 Å². The smallest absolute Gasteiger partial charge is 0.125 e. The largest absolute Gasteiger partial charge is 0.324 e. The summed E-state index contributed by atoms with van der Waals surface area (Å²) >= 11 is 0. The molecule has 15 heavy (non-hydrogen) atoms. The molecule has 0 aliphatic carbocycles. The molecule has 2 rings (SSSR count). The second-order valence-electron chi connectivity index (χ2n) is 3.21. The summed E-state index contributed by atoms with van der Waals surface area (Å²) in [5, 5.41) is 0. The molecule has 1 heterocycles. The molecule has 76 valence electrons. The molecule has 0 radical (unpaired) electrons. The Bertz CT molecular complexity index is 468. The first-order valence-electron chi connectivity index (χ1n) is 4.66. The van der Waals surface area contributed by atoms with Gasteiger partial charge in [-0.15, -0.1) is 0 Å². The second-order valence-corrected chi connectivity index (χ2v) is 3.21. The van der Waals surface area contributed by atoms with Crippen LogP contribution in [0.4, 0.5) is 5.69 Å². The van der Waals surface area contributed by atoms with Crippen molar-refractivity contribution in [3.63, 3.8) is 0 Å². The number of nitrogen functional groups attached to an aromatic ring is 1. The fraction of sp³-hybridized carbons (Fsp3) is 0.0909. The monoisotopic (exact) mass is 200 g/mol. The van der Waals surface area contributed by atoms with Crippen molar-refractivity contribution in [2.24, 2.45) is 5.84 Å². The molecule has 0 saturated carbocycles. The number of hydrogen-bond donors (Lipinski definition) is 2. The maximum atomic E-state index is 5.34. The maximum absolute atomic E-state index is 5.34. The molecule has 0 spiro atoms. The van der Waals surface area contributed by atoms with Crippen molar-refractivity contribution in [3.05, 3.63) is 42.4 Å². The lowest BCUT2D eigenvalue weighted by molar-refractivity contribution is 1.06. The Morgan fingerprint density at radius 3 is 2.87 bits per heavy atom. The minimum atomic E-state index is 0.763. The van der Waals surface area contributed by atoms with Crippen LogP contribution in [-0.2, 0) is 0 Å². The van der Waals surface area contributed by atoms with Gasteiger partial charge in [0.05, 0.1) is 5.69 Å². The van der Waals surface area contributed by atoms with Crippen LogP contribution in [0.3, 0.4) is 0 Å². The molecule has 0 bridgehead atoms. The molecule has 0 saturated heterocycles. The van der Waals surface area contributed by atoms with E-state index in [4.69, 9.17) is 5.84 Å². The highest BCUT2D eigenvalue weighted by atomic mass is 15.2. The van der Waals surface area contributed by atoms with E-state index in [1.165, 1.54) is 0 Å². The van der Waals surface area contributed by atoms with E-state index in [0.29, 0.717) is 0 Å². The van der Waals surface area contributed by atoms with Gasteiger partial charge in [0.15, 0.2) is 0 Å². The molecule has 0 fully saturated rings. The summed E-state index contributed by atoms with van der Waals surface area (Å²) in [5.41, 5.74) is 5.40. The highest BCUT2D eigenvalue weighted by molar-refractivity contribution is 5.64. The Kier molecular flexibility index (Phi) is 2.60. The number of benzene rings is 1. The van der Waals surface area contributed by atoms with Gasteiger partial charge in [-0.2, -0.15) is 0 Å². The Morgan fingerprint density at radius 1 is 1.27 bits per heavy atom. The van der Waals surface area contributed by atoms with E-state index in [0.717, 1.165) is 22.8 Å². The Balaban J connectivity index is 2.44. The van der Waals surface area contributed by atoms with Crippen LogP contribution in [-0.4, -0.2) is 9.97 Å². The lowest BCUT2D eigenvalue weighted by atomic mass is 10.1. The molecule has 0 aliphatic heterocycles. The average molecular weight is 200 g/mol. The number of nitrogens with one attached hydrogen (secondary N) is 1. The van der Waals surface area contributed by atoms with Crippen LogP contribution in [0.5, 0.6) is 0 Å². The van der Waals surface area contributed by atoms with Crippen molar-refractivity contribution in [2.75, 3.05) is 5.43 Å². The van der Waals surface area contributed by atoms with Gasteiger partial charge in [-0.05, 0) is 25.1 Å². The van der Waals surface area contributed by atoms with Gasteiger partial charge >= 0.3 is 0 Å². The van der Waals surface area contributed by atoms with E-state index in [1.807, 2.05) is 37.3 Å². The topological polar surface area (TPSA) is 63.8 Å². The number of aryl methyl sites for hydroxylation is 1. The third-order valence-electron chi connectivity index (χ3n) is 2.10. The number of rotatable bonds is 2. The van der Waals surface area contributed by atoms with Crippen LogP contribution in [0.2, 0.25) is 0 Å². The van der Waals surface area contributed by atoms with Gasteiger partial charge in [-0.25, -0.2) is 9.97 Å². The van der Waals surface area contributed by atoms with E-state index in [9.17, 15) is 0 Å². The molecule has 3 N–H and O–H groups in total. The van der Waals surface area contributed by atoms with E-state index < -0.39 is 0 Å². The summed E-state index contributed by atoms with van der Waals surface area (Å²) in [6, 6.07) is 9.65. The van der Waals surface area contributed by atoms with E-state index >= 15 is 0 Å². The van der Waals surface area contributed by atoms with Crippen LogP contribution < -0.4 is 11.3 Å². The molecule has 1 aromatic carbocycles. The number of nitrogens with two attached hydrogens (primary N) is 1. The van der Waals surface area contributed by atoms with Crippen molar-refractivity contribution < 1.29 is 0 Å². The van der Waals surface area contributed by atoms with Gasteiger partial charge in [-0.3, -0.25) is 5.84 Å². The third-order valence-corrected chi connectivity index (χ3v) is 2.10. The number of anilines is 1. The summed E-state index contributed by atoms with van der Waals surface area (Å²) < 4.78 is 0. The highest BCUT2D eigenvalue weighted by Crippen LogP contribution is 2.19. The molecule has 4 nitrogen and oxygen atoms in total. The summed E-state index contributed by atoms with van der Waals surface area (Å²) in [4.78, 5) is 8.40. The minimum Gasteiger partial charge on any atom is -0.324 e. The van der Waals surface area contributed by atoms with E-state index in [-0.39, 0.29) is 0 Å². The quantitative estimate of drug-likeness (QED) is 0.572. The fourth-order valence-corrected chi connectivity index (χ4v) is 1.39. The van der Waals surface area contributed by atoms with Gasteiger partial charge in [0.1, 0.15) is 5.82 Å². The molecular formula is C11H12N4. The van der Waals surface area contributed by atoms with Crippen LogP contribution in [0.25, 0.3) is 11.3 Å². The van der Waals surface area contributed by atoms with Crippen molar-refractivity contribution in [1.29, 1.82) is 0 Å². The predicted octanol–water partition coefficient (Wildman–Crippen LogP) is 1.74. The van der Waals surface area contributed by atoms with Crippen molar-refractivity contribution in [1.82, 2.24) is 9.97 Å². The average Bonchev–Trinajstić information content (AvgIpc) is 2.29. The van der Waals surface area contributed by atoms with E-state index in [2.05, 4.69) is 15.4 Å². The Morgan fingerprint density at radius 2 is 2.13 bits per heavy atom. The molecule has 1 aromatic heterocycles. The second kappa shape index (κ2) is 4.06. The first-order chi connectivity index (χ1) is 7.29.